The van der Waals surface area contributed by atoms with E-state index < -0.39 is 0 Å². The van der Waals surface area contributed by atoms with Crippen molar-refractivity contribution in [3.8, 4) is 0 Å². The molecule has 0 heterocycles. The lowest BCUT2D eigenvalue weighted by Gasteiger charge is -2.07. The average molecular weight is 161 g/mol. The summed E-state index contributed by atoms with van der Waals surface area (Å²) in [7, 11) is 0.768. The van der Waals surface area contributed by atoms with Gasteiger partial charge < -0.3 is 4.43 Å². The van der Waals surface area contributed by atoms with Crippen LogP contribution in [0.1, 0.15) is 17.2 Å². The van der Waals surface area contributed by atoms with Gasteiger partial charge in [-0.1, -0.05) is 24.3 Å². The van der Waals surface area contributed by atoms with E-state index in [0.29, 0.717) is 0 Å². The predicted octanol–water partition coefficient (Wildman–Crippen LogP) is 0.855. The molecule has 1 nitrogen and oxygen atoms in total. The molecule has 11 heavy (non-hydrogen) atoms. The third kappa shape index (κ3) is 1.04. The highest BCUT2D eigenvalue weighted by Crippen LogP contribution is 2.28. The molecule has 2 rings (SSSR count). The van der Waals surface area contributed by atoms with E-state index in [2.05, 4.69) is 18.2 Å². The van der Waals surface area contributed by atoms with E-state index in [9.17, 15) is 0 Å². The summed E-state index contributed by atoms with van der Waals surface area (Å²) >= 11 is 0. The molecule has 0 fully saturated rings. The minimum Gasteiger partial charge on any atom is -0.417 e. The smallest absolute Gasteiger partial charge is 0.147 e. The molecule has 1 radical (unpaired) electrons. The van der Waals surface area contributed by atoms with Gasteiger partial charge in [0.15, 0.2) is 0 Å². The highest BCUT2D eigenvalue weighted by atomic mass is 28.2. The summed E-state index contributed by atoms with van der Waals surface area (Å²) in [5, 5.41) is 0. The Morgan fingerprint density at radius 2 is 2.18 bits per heavy atom. The fourth-order valence-corrected chi connectivity index (χ4v) is 1.72. The summed E-state index contributed by atoms with van der Waals surface area (Å²) in [5.41, 5.74) is 2.50. The average Bonchev–Trinajstić information content (AvgIpc) is 2.47. The van der Waals surface area contributed by atoms with Gasteiger partial charge in [0.05, 0.1) is 6.10 Å². The maximum Gasteiger partial charge on any atom is 0.147 e. The lowest BCUT2D eigenvalue weighted by molar-refractivity contribution is 0.278. The Bertz CT molecular complexity index is 293. The van der Waals surface area contributed by atoms with Crippen LogP contribution in [0.15, 0.2) is 24.3 Å². The monoisotopic (exact) mass is 161 g/mol. The first kappa shape index (κ1) is 6.82. The Labute approximate surface area is 69.2 Å². The topological polar surface area (TPSA) is 9.23 Å². The number of hydrogen-bond donors (Lipinski definition) is 0. The second-order valence-electron chi connectivity index (χ2n) is 2.56. The van der Waals surface area contributed by atoms with E-state index in [-0.39, 0.29) is 6.10 Å². The zero-order valence-corrected chi connectivity index (χ0v) is 8.37. The van der Waals surface area contributed by atoms with E-state index in [1.807, 2.05) is 18.2 Å². The van der Waals surface area contributed by atoms with Gasteiger partial charge in [0, 0.05) is 0 Å². The Balaban J connectivity index is 2.46. The van der Waals surface area contributed by atoms with Crippen LogP contribution in [0.2, 0.25) is 0 Å². The van der Waals surface area contributed by atoms with Crippen molar-refractivity contribution in [2.24, 2.45) is 0 Å². The standard InChI is InChI=1S/C9H9OSi/c11-10-9-6-5-7-3-1-2-4-8(7)9/h1-5,9H,11H3. The zero-order valence-electron chi connectivity index (χ0n) is 6.37. The summed E-state index contributed by atoms with van der Waals surface area (Å²) in [6.07, 6.45) is 5.27. The summed E-state index contributed by atoms with van der Waals surface area (Å²) in [6, 6.07) is 8.25. The van der Waals surface area contributed by atoms with Gasteiger partial charge in [-0.3, -0.25) is 0 Å². The molecule has 2 heteroatoms. The molecule has 1 atom stereocenters. The van der Waals surface area contributed by atoms with Crippen LogP contribution in [0.4, 0.5) is 0 Å². The van der Waals surface area contributed by atoms with Gasteiger partial charge in [-0.2, -0.15) is 0 Å². The van der Waals surface area contributed by atoms with Crippen molar-refractivity contribution in [2.75, 3.05) is 0 Å². The van der Waals surface area contributed by atoms with E-state index in [4.69, 9.17) is 4.43 Å². The largest absolute Gasteiger partial charge is 0.417 e. The van der Waals surface area contributed by atoms with Gasteiger partial charge in [0.2, 0.25) is 0 Å². The van der Waals surface area contributed by atoms with Crippen molar-refractivity contribution in [1.29, 1.82) is 0 Å². The second-order valence-corrected chi connectivity index (χ2v) is 3.03. The maximum absolute atomic E-state index is 5.33. The molecule has 0 saturated heterocycles. The van der Waals surface area contributed by atoms with Crippen molar-refractivity contribution >= 4 is 16.6 Å². The zero-order chi connectivity index (χ0) is 7.68. The molecule has 0 aliphatic heterocycles. The van der Waals surface area contributed by atoms with Crippen LogP contribution in [-0.2, 0) is 4.43 Å². The van der Waals surface area contributed by atoms with Gasteiger partial charge in [-0.25, -0.2) is 0 Å². The third-order valence-electron chi connectivity index (χ3n) is 1.90. The minimum absolute atomic E-state index is 0.109. The quantitative estimate of drug-likeness (QED) is 0.555. The van der Waals surface area contributed by atoms with Crippen molar-refractivity contribution in [3.05, 3.63) is 41.5 Å². The lowest BCUT2D eigenvalue weighted by atomic mass is 10.1. The molecule has 55 valence electrons. The Kier molecular flexibility index (Phi) is 1.64. The highest BCUT2D eigenvalue weighted by molar-refractivity contribution is 5.98. The van der Waals surface area contributed by atoms with E-state index in [1.165, 1.54) is 11.1 Å². The van der Waals surface area contributed by atoms with E-state index in [0.717, 1.165) is 10.5 Å². The fraction of sp³-hybridized carbons (Fsp3) is 0.111. The van der Waals surface area contributed by atoms with Gasteiger partial charge in [-0.15, -0.1) is 0 Å². The fourth-order valence-electron chi connectivity index (χ4n) is 1.33. The van der Waals surface area contributed by atoms with Gasteiger partial charge in [0.1, 0.15) is 10.5 Å². The SMILES string of the molecule is [SiH3]OC1[C]=Cc2ccccc21. The second kappa shape index (κ2) is 2.64. The van der Waals surface area contributed by atoms with Crippen LogP contribution in [0.5, 0.6) is 0 Å². The summed E-state index contributed by atoms with van der Waals surface area (Å²) in [6.45, 7) is 0. The molecule has 1 aliphatic carbocycles. The molecule has 0 N–H and O–H groups in total. The van der Waals surface area contributed by atoms with Crippen LogP contribution in [0, 0.1) is 6.08 Å². The predicted molar refractivity (Wildman–Crippen MR) is 47.9 cm³/mol. The summed E-state index contributed by atoms with van der Waals surface area (Å²) < 4.78 is 5.33. The molecule has 0 amide bonds. The van der Waals surface area contributed by atoms with Gasteiger partial charge in [0.25, 0.3) is 0 Å². The first-order valence-electron chi connectivity index (χ1n) is 3.63. The first-order chi connectivity index (χ1) is 5.42. The van der Waals surface area contributed by atoms with Crippen LogP contribution in [0.3, 0.4) is 0 Å². The molecule has 0 bridgehead atoms. The molecule has 0 saturated carbocycles. The third-order valence-corrected chi connectivity index (χ3v) is 2.38. The van der Waals surface area contributed by atoms with E-state index in [1.54, 1.807) is 0 Å². The van der Waals surface area contributed by atoms with Crippen LogP contribution < -0.4 is 0 Å². The molecule has 0 aromatic heterocycles. The van der Waals surface area contributed by atoms with Crippen molar-refractivity contribution in [2.45, 2.75) is 6.10 Å². The molecule has 1 aliphatic rings. The van der Waals surface area contributed by atoms with Gasteiger partial charge in [-0.05, 0) is 23.3 Å². The van der Waals surface area contributed by atoms with Crippen molar-refractivity contribution in [1.82, 2.24) is 0 Å². The summed E-state index contributed by atoms with van der Waals surface area (Å²) in [4.78, 5) is 0. The van der Waals surface area contributed by atoms with Crippen LogP contribution in [-0.4, -0.2) is 10.5 Å². The summed E-state index contributed by atoms with van der Waals surface area (Å²) in [5.74, 6) is 0. The molecular formula is C9H9OSi. The lowest BCUT2D eigenvalue weighted by Crippen LogP contribution is -1.95. The van der Waals surface area contributed by atoms with Crippen LogP contribution in [0.25, 0.3) is 6.08 Å². The van der Waals surface area contributed by atoms with Gasteiger partial charge >= 0.3 is 0 Å². The normalized spacial score (nSPS) is 20.5. The highest BCUT2D eigenvalue weighted by Gasteiger charge is 2.14. The number of fused-ring (bicyclic) bond motifs is 1. The number of rotatable bonds is 1. The van der Waals surface area contributed by atoms with Crippen molar-refractivity contribution < 1.29 is 4.43 Å². The number of benzene rings is 1. The first-order valence-corrected chi connectivity index (χ1v) is 4.44. The Morgan fingerprint density at radius 3 is 3.00 bits per heavy atom. The van der Waals surface area contributed by atoms with Crippen LogP contribution >= 0.6 is 0 Å². The molecule has 0 spiro atoms. The molecular weight excluding hydrogens is 152 g/mol. The maximum atomic E-state index is 5.33. The molecule has 1 aromatic rings. The Hall–Kier alpha value is -0.863. The Morgan fingerprint density at radius 1 is 1.36 bits per heavy atom. The minimum atomic E-state index is 0.109. The molecule has 1 unspecified atom stereocenters. The van der Waals surface area contributed by atoms with E-state index >= 15 is 0 Å². The number of hydrogen-bond acceptors (Lipinski definition) is 1. The van der Waals surface area contributed by atoms with Crippen molar-refractivity contribution in [3.63, 3.8) is 0 Å². The molecule has 1 aromatic carbocycles.